The van der Waals surface area contributed by atoms with Crippen LogP contribution in [0.15, 0.2) is 35.2 Å². The minimum atomic E-state index is -3.96. The smallest absolute Gasteiger partial charge is 0.241 e. The van der Waals surface area contributed by atoms with Gasteiger partial charge < -0.3 is 20.1 Å². The number of nitrogens with zero attached hydrogens (tertiary/aromatic N) is 1. The van der Waals surface area contributed by atoms with Gasteiger partial charge in [-0.3, -0.25) is 4.79 Å². The van der Waals surface area contributed by atoms with Gasteiger partial charge >= 0.3 is 0 Å². The van der Waals surface area contributed by atoms with E-state index in [2.05, 4.69) is 4.72 Å². The first-order valence-corrected chi connectivity index (χ1v) is 13.7. The van der Waals surface area contributed by atoms with E-state index in [9.17, 15) is 26.4 Å². The number of amides is 1. The number of benzene rings is 2. The molecule has 2 fully saturated rings. The average molecular weight is 540 g/mol. The molecule has 3 N–H and O–H groups in total. The van der Waals surface area contributed by atoms with Gasteiger partial charge in [-0.1, -0.05) is 0 Å². The normalized spacial score (nSPS) is 23.7. The zero-order valence-corrected chi connectivity index (χ0v) is 20.8. The van der Waals surface area contributed by atoms with Crippen LogP contribution in [0.1, 0.15) is 31.2 Å². The lowest BCUT2D eigenvalue weighted by Crippen LogP contribution is -2.52. The molecular formula is C25H28F3N3O5S. The van der Waals surface area contributed by atoms with Crippen molar-refractivity contribution >= 4 is 15.9 Å². The Kier molecular flexibility index (Phi) is 7.08. The van der Waals surface area contributed by atoms with E-state index >= 15 is 0 Å². The van der Waals surface area contributed by atoms with Gasteiger partial charge in [0.1, 0.15) is 19.0 Å². The molecule has 0 unspecified atom stereocenters. The molecule has 200 valence electrons. The van der Waals surface area contributed by atoms with Crippen molar-refractivity contribution in [3.63, 3.8) is 0 Å². The number of piperidine rings is 1. The summed E-state index contributed by atoms with van der Waals surface area (Å²) in [6.07, 6.45) is 2.71. The van der Waals surface area contributed by atoms with Gasteiger partial charge in [-0.2, -0.15) is 0 Å². The molecule has 5 rings (SSSR count). The zero-order valence-electron chi connectivity index (χ0n) is 20.0. The molecule has 3 aliphatic rings. The molecule has 0 aliphatic carbocycles. The third-order valence-electron chi connectivity index (χ3n) is 7.45. The van der Waals surface area contributed by atoms with Crippen molar-refractivity contribution in [1.29, 1.82) is 0 Å². The Balaban J connectivity index is 1.19. The summed E-state index contributed by atoms with van der Waals surface area (Å²) in [5.41, 5.74) is 6.36. The Bertz CT molecular complexity index is 1290. The van der Waals surface area contributed by atoms with E-state index in [4.69, 9.17) is 15.2 Å². The second kappa shape index (κ2) is 10.1. The van der Waals surface area contributed by atoms with Crippen molar-refractivity contribution in [3.05, 3.63) is 53.3 Å². The molecule has 0 aromatic heterocycles. The molecule has 2 aromatic carbocycles. The standard InChI is InChI=1S/C25H28F3N3O5S/c26-19-12-21(28)20(27)9-14(19)10-22(29)15-7-16-1-2-17(8-15)31(16)25(32)13-30-37(33,34)18-3-4-23-24(11-18)36-6-5-35-23/h3-4,9,11-12,15-17,22,30H,1-2,5-8,10,13,29H2/t15-,16-,17+,22-/m1/s1. The van der Waals surface area contributed by atoms with E-state index < -0.39 is 33.5 Å². The first-order valence-electron chi connectivity index (χ1n) is 12.2. The minimum Gasteiger partial charge on any atom is -0.486 e. The summed E-state index contributed by atoms with van der Waals surface area (Å²) in [6.45, 7) is 0.318. The topological polar surface area (TPSA) is 111 Å². The number of sulfonamides is 1. The minimum absolute atomic E-state index is 0.0193. The third kappa shape index (κ3) is 5.27. The van der Waals surface area contributed by atoms with Crippen LogP contribution in [-0.2, 0) is 21.2 Å². The maximum Gasteiger partial charge on any atom is 0.241 e. The summed E-state index contributed by atoms with van der Waals surface area (Å²) in [4.78, 5) is 14.8. The molecule has 0 radical (unpaired) electrons. The van der Waals surface area contributed by atoms with Crippen LogP contribution in [0.4, 0.5) is 13.2 Å². The molecule has 3 heterocycles. The molecule has 0 saturated carbocycles. The van der Waals surface area contributed by atoms with Crippen LogP contribution >= 0.6 is 0 Å². The van der Waals surface area contributed by atoms with Crippen LogP contribution in [0.5, 0.6) is 11.5 Å². The quantitative estimate of drug-likeness (QED) is 0.523. The van der Waals surface area contributed by atoms with Gasteiger partial charge in [0.05, 0.1) is 11.4 Å². The predicted octanol–water partition coefficient (Wildman–Crippen LogP) is 2.49. The number of hydrogen-bond acceptors (Lipinski definition) is 6. The summed E-state index contributed by atoms with van der Waals surface area (Å²) in [6, 6.07) is 4.92. The molecule has 2 aromatic rings. The Morgan fingerprint density at radius 3 is 2.35 bits per heavy atom. The van der Waals surface area contributed by atoms with Gasteiger partial charge in [0, 0.05) is 30.3 Å². The number of ether oxygens (including phenoxy) is 2. The van der Waals surface area contributed by atoms with E-state index in [0.29, 0.717) is 43.6 Å². The number of nitrogens with one attached hydrogen (secondary N) is 1. The second-order valence-electron chi connectivity index (χ2n) is 9.77. The summed E-state index contributed by atoms with van der Waals surface area (Å²) in [5.74, 6) is -2.77. The van der Waals surface area contributed by atoms with Crippen molar-refractivity contribution in [2.45, 2.75) is 55.1 Å². The first kappa shape index (κ1) is 25.8. The lowest BCUT2D eigenvalue weighted by Gasteiger charge is -2.41. The third-order valence-corrected chi connectivity index (χ3v) is 8.84. The monoisotopic (exact) mass is 539 g/mol. The van der Waals surface area contributed by atoms with Crippen molar-refractivity contribution in [3.8, 4) is 11.5 Å². The molecule has 12 heteroatoms. The number of rotatable bonds is 7. The first-order chi connectivity index (χ1) is 17.6. The van der Waals surface area contributed by atoms with Crippen molar-refractivity contribution < 1.29 is 35.9 Å². The van der Waals surface area contributed by atoms with Gasteiger partial charge in [-0.05, 0) is 61.8 Å². The second-order valence-corrected chi connectivity index (χ2v) is 11.5. The average Bonchev–Trinajstić information content (AvgIpc) is 3.14. The van der Waals surface area contributed by atoms with E-state index in [1.807, 2.05) is 0 Å². The summed E-state index contributed by atoms with van der Waals surface area (Å²) >= 11 is 0. The van der Waals surface area contributed by atoms with Crippen LogP contribution in [0, 0.1) is 23.4 Å². The summed E-state index contributed by atoms with van der Waals surface area (Å²) in [7, 11) is -3.96. The molecule has 4 atom stereocenters. The Morgan fingerprint density at radius 2 is 1.65 bits per heavy atom. The maximum absolute atomic E-state index is 14.1. The fourth-order valence-electron chi connectivity index (χ4n) is 5.64. The molecule has 2 saturated heterocycles. The van der Waals surface area contributed by atoms with Crippen LogP contribution in [-0.4, -0.2) is 57.1 Å². The largest absolute Gasteiger partial charge is 0.486 e. The highest BCUT2D eigenvalue weighted by Gasteiger charge is 2.44. The van der Waals surface area contributed by atoms with Crippen LogP contribution in [0.3, 0.4) is 0 Å². The van der Waals surface area contributed by atoms with Gasteiger partial charge in [0.2, 0.25) is 15.9 Å². The highest BCUT2D eigenvalue weighted by Crippen LogP contribution is 2.40. The van der Waals surface area contributed by atoms with Crippen molar-refractivity contribution in [2.75, 3.05) is 19.8 Å². The fourth-order valence-corrected chi connectivity index (χ4v) is 6.63. The molecule has 1 amide bonds. The maximum atomic E-state index is 14.1. The van der Waals surface area contributed by atoms with E-state index in [1.54, 1.807) is 4.90 Å². The van der Waals surface area contributed by atoms with Crippen LogP contribution in [0.2, 0.25) is 0 Å². The molecule has 2 bridgehead atoms. The molecule has 0 spiro atoms. The van der Waals surface area contributed by atoms with Crippen molar-refractivity contribution in [1.82, 2.24) is 9.62 Å². The number of carbonyl (C=O) groups excluding carboxylic acids is 1. The van der Waals surface area contributed by atoms with Gasteiger partial charge in [-0.15, -0.1) is 0 Å². The van der Waals surface area contributed by atoms with E-state index in [-0.39, 0.29) is 47.3 Å². The molecular weight excluding hydrogens is 511 g/mol. The van der Waals surface area contributed by atoms with E-state index in [0.717, 1.165) is 18.9 Å². The molecule has 8 nitrogen and oxygen atoms in total. The zero-order chi connectivity index (χ0) is 26.3. The lowest BCUT2D eigenvalue weighted by molar-refractivity contribution is -0.135. The Hall–Kier alpha value is -2.83. The number of carbonyl (C=O) groups is 1. The van der Waals surface area contributed by atoms with Crippen LogP contribution < -0.4 is 19.9 Å². The number of fused-ring (bicyclic) bond motifs is 3. The summed E-state index contributed by atoms with van der Waals surface area (Å²) < 4.78 is 79.7. The van der Waals surface area contributed by atoms with Gasteiger partial charge in [0.15, 0.2) is 23.1 Å². The SMILES string of the molecule is N[C@H](Cc1cc(F)c(F)cc1F)[C@@H]1C[C@H]2CC[C@@H](C1)N2C(=O)CNS(=O)(=O)c1ccc2c(c1)OCCO2. The van der Waals surface area contributed by atoms with Crippen molar-refractivity contribution in [2.24, 2.45) is 11.7 Å². The van der Waals surface area contributed by atoms with Gasteiger partial charge in [-0.25, -0.2) is 26.3 Å². The van der Waals surface area contributed by atoms with E-state index in [1.165, 1.54) is 18.2 Å². The fraction of sp³-hybridized carbons (Fsp3) is 0.480. The van der Waals surface area contributed by atoms with Gasteiger partial charge in [0.25, 0.3) is 0 Å². The molecule has 3 aliphatic heterocycles. The lowest BCUT2D eigenvalue weighted by atomic mass is 9.82. The number of hydrogen-bond donors (Lipinski definition) is 2. The Labute approximate surface area is 213 Å². The highest BCUT2D eigenvalue weighted by atomic mass is 32.2. The number of nitrogens with two attached hydrogens (primary N) is 1. The summed E-state index contributed by atoms with van der Waals surface area (Å²) in [5, 5.41) is 0. The molecule has 37 heavy (non-hydrogen) atoms. The highest BCUT2D eigenvalue weighted by molar-refractivity contribution is 7.89. The number of halogens is 3. The van der Waals surface area contributed by atoms with Crippen LogP contribution in [0.25, 0.3) is 0 Å². The predicted molar refractivity (Wildman–Crippen MR) is 127 cm³/mol. The Morgan fingerprint density at radius 1 is 1.00 bits per heavy atom.